The Morgan fingerprint density at radius 2 is 2.19 bits per heavy atom. The molecule has 116 valence electrons. The summed E-state index contributed by atoms with van der Waals surface area (Å²) in [5.74, 6) is 0.257. The van der Waals surface area contributed by atoms with Gasteiger partial charge in [0.15, 0.2) is 0 Å². The van der Waals surface area contributed by atoms with E-state index in [0.29, 0.717) is 13.1 Å². The van der Waals surface area contributed by atoms with E-state index in [1.54, 1.807) is 4.90 Å². The summed E-state index contributed by atoms with van der Waals surface area (Å²) in [6.07, 6.45) is 0.406. The maximum atomic E-state index is 12.4. The zero-order chi connectivity index (χ0) is 15.4. The van der Waals surface area contributed by atoms with Crippen LogP contribution in [-0.4, -0.2) is 48.8 Å². The summed E-state index contributed by atoms with van der Waals surface area (Å²) in [6, 6.07) is 7.63. The summed E-state index contributed by atoms with van der Waals surface area (Å²) in [5, 5.41) is 12.9. The molecule has 1 fully saturated rings. The van der Waals surface area contributed by atoms with Crippen LogP contribution in [0.3, 0.4) is 0 Å². The van der Waals surface area contributed by atoms with E-state index in [1.165, 1.54) is 0 Å². The van der Waals surface area contributed by atoms with Gasteiger partial charge in [-0.05, 0) is 31.4 Å². The van der Waals surface area contributed by atoms with Crippen LogP contribution in [0, 0.1) is 5.92 Å². The predicted octanol–water partition coefficient (Wildman–Crippen LogP) is 2.38. The summed E-state index contributed by atoms with van der Waals surface area (Å²) < 4.78 is 0. The molecule has 5 heteroatoms. The van der Waals surface area contributed by atoms with Crippen LogP contribution < -0.4 is 10.2 Å². The zero-order valence-corrected chi connectivity index (χ0v) is 13.0. The molecular weight excluding hydrogens is 266 g/mol. The molecule has 2 unspecified atom stereocenters. The van der Waals surface area contributed by atoms with Crippen LogP contribution >= 0.6 is 0 Å². The monoisotopic (exact) mass is 291 g/mol. The van der Waals surface area contributed by atoms with Gasteiger partial charge in [0.05, 0.1) is 17.5 Å². The van der Waals surface area contributed by atoms with E-state index >= 15 is 0 Å². The highest BCUT2D eigenvalue weighted by molar-refractivity contribution is 5.93. The quantitative estimate of drug-likeness (QED) is 0.899. The molecular formula is C16H25N3O2. The Kier molecular flexibility index (Phi) is 5.07. The SMILES string of the molecule is CCN(C)c1ccccc1NC(=O)N1CCC(C)C(O)C1. The number of benzene rings is 1. The van der Waals surface area contributed by atoms with Crippen molar-refractivity contribution in [2.45, 2.75) is 26.4 Å². The fraction of sp³-hybridized carbons (Fsp3) is 0.562. The van der Waals surface area contributed by atoms with Gasteiger partial charge in [-0.25, -0.2) is 4.79 Å². The van der Waals surface area contributed by atoms with Crippen molar-refractivity contribution in [1.29, 1.82) is 0 Å². The third-order valence-electron chi connectivity index (χ3n) is 4.24. The number of hydrogen-bond donors (Lipinski definition) is 2. The summed E-state index contributed by atoms with van der Waals surface area (Å²) in [5.41, 5.74) is 1.80. The molecule has 0 bridgehead atoms. The number of urea groups is 1. The van der Waals surface area contributed by atoms with Crippen molar-refractivity contribution in [1.82, 2.24) is 4.90 Å². The Balaban J connectivity index is 2.06. The number of carbonyl (C=O) groups is 1. The minimum Gasteiger partial charge on any atom is -0.391 e. The van der Waals surface area contributed by atoms with E-state index in [0.717, 1.165) is 24.3 Å². The molecule has 21 heavy (non-hydrogen) atoms. The fourth-order valence-electron chi connectivity index (χ4n) is 2.51. The smallest absolute Gasteiger partial charge is 0.321 e. The second-order valence-corrected chi connectivity index (χ2v) is 5.74. The molecule has 2 amide bonds. The summed E-state index contributed by atoms with van der Waals surface area (Å²) in [4.78, 5) is 16.1. The highest BCUT2D eigenvalue weighted by atomic mass is 16.3. The third-order valence-corrected chi connectivity index (χ3v) is 4.24. The van der Waals surface area contributed by atoms with E-state index in [-0.39, 0.29) is 11.9 Å². The van der Waals surface area contributed by atoms with Crippen LogP contribution in [0.4, 0.5) is 16.2 Å². The molecule has 0 saturated carbocycles. The van der Waals surface area contributed by atoms with Crippen molar-refractivity contribution in [2.24, 2.45) is 5.92 Å². The van der Waals surface area contributed by atoms with Crippen LogP contribution in [0.2, 0.25) is 0 Å². The number of β-amino-alcohol motifs (C(OH)–C–C–N with tert-alkyl or cyclic N) is 1. The van der Waals surface area contributed by atoms with Crippen LogP contribution in [0.15, 0.2) is 24.3 Å². The standard InChI is InChI=1S/C16H25N3O2/c1-4-18(3)14-8-6-5-7-13(14)17-16(21)19-10-9-12(2)15(20)11-19/h5-8,12,15,20H,4,9-11H2,1-3H3,(H,17,21). The Labute approximate surface area is 126 Å². The van der Waals surface area contributed by atoms with Crippen molar-refractivity contribution in [2.75, 3.05) is 36.9 Å². The number of anilines is 2. The van der Waals surface area contributed by atoms with Gasteiger partial charge in [0.2, 0.25) is 0 Å². The molecule has 0 spiro atoms. The lowest BCUT2D eigenvalue weighted by molar-refractivity contribution is 0.0464. The van der Waals surface area contributed by atoms with Crippen LogP contribution in [0.5, 0.6) is 0 Å². The van der Waals surface area contributed by atoms with Gasteiger partial charge >= 0.3 is 6.03 Å². The maximum Gasteiger partial charge on any atom is 0.321 e. The summed E-state index contributed by atoms with van der Waals surface area (Å²) in [6.45, 7) is 6.05. The first-order valence-corrected chi connectivity index (χ1v) is 7.57. The maximum absolute atomic E-state index is 12.4. The number of carbonyl (C=O) groups excluding carboxylic acids is 1. The van der Waals surface area contributed by atoms with Gasteiger partial charge in [0.1, 0.15) is 0 Å². The average Bonchev–Trinajstić information content (AvgIpc) is 2.49. The molecule has 0 radical (unpaired) electrons. The Bertz CT molecular complexity index is 492. The van der Waals surface area contributed by atoms with Crippen LogP contribution in [0.25, 0.3) is 0 Å². The number of amides is 2. The Hall–Kier alpha value is -1.75. The van der Waals surface area contributed by atoms with E-state index in [1.807, 2.05) is 38.2 Å². The van der Waals surface area contributed by atoms with Crippen molar-refractivity contribution < 1.29 is 9.90 Å². The number of aliphatic hydroxyl groups is 1. The minimum absolute atomic E-state index is 0.141. The molecule has 1 heterocycles. The van der Waals surface area contributed by atoms with Crippen LogP contribution in [0.1, 0.15) is 20.3 Å². The molecule has 2 N–H and O–H groups in total. The first-order valence-electron chi connectivity index (χ1n) is 7.57. The highest BCUT2D eigenvalue weighted by Crippen LogP contribution is 2.25. The zero-order valence-electron chi connectivity index (χ0n) is 13.0. The molecule has 5 nitrogen and oxygen atoms in total. The van der Waals surface area contributed by atoms with Gasteiger partial charge in [0, 0.05) is 26.7 Å². The van der Waals surface area contributed by atoms with Crippen molar-refractivity contribution in [3.05, 3.63) is 24.3 Å². The number of para-hydroxylation sites is 2. The van der Waals surface area contributed by atoms with Gasteiger partial charge in [-0.15, -0.1) is 0 Å². The lowest BCUT2D eigenvalue weighted by Crippen LogP contribution is -2.47. The number of rotatable bonds is 3. The minimum atomic E-state index is -0.432. The van der Waals surface area contributed by atoms with Crippen molar-refractivity contribution in [3.8, 4) is 0 Å². The first-order chi connectivity index (χ1) is 10.0. The summed E-state index contributed by atoms with van der Waals surface area (Å²) in [7, 11) is 2.00. The lowest BCUT2D eigenvalue weighted by Gasteiger charge is -2.34. The van der Waals surface area contributed by atoms with Crippen LogP contribution in [-0.2, 0) is 0 Å². The molecule has 1 aromatic carbocycles. The average molecular weight is 291 g/mol. The number of piperidine rings is 1. The van der Waals surface area contributed by atoms with Gasteiger partial charge in [-0.2, -0.15) is 0 Å². The number of aliphatic hydroxyl groups excluding tert-OH is 1. The fourth-order valence-corrected chi connectivity index (χ4v) is 2.51. The van der Waals surface area contributed by atoms with Crippen molar-refractivity contribution in [3.63, 3.8) is 0 Å². The second-order valence-electron chi connectivity index (χ2n) is 5.74. The second kappa shape index (κ2) is 6.80. The molecule has 1 saturated heterocycles. The molecule has 2 rings (SSSR count). The Morgan fingerprint density at radius 3 is 2.86 bits per heavy atom. The molecule has 1 aliphatic heterocycles. The predicted molar refractivity (Wildman–Crippen MR) is 85.8 cm³/mol. The first kappa shape index (κ1) is 15.6. The highest BCUT2D eigenvalue weighted by Gasteiger charge is 2.27. The lowest BCUT2D eigenvalue weighted by atomic mass is 9.96. The van der Waals surface area contributed by atoms with E-state index in [2.05, 4.69) is 17.1 Å². The molecule has 1 aliphatic rings. The van der Waals surface area contributed by atoms with Gasteiger partial charge in [0.25, 0.3) is 0 Å². The number of nitrogens with one attached hydrogen (secondary N) is 1. The number of likely N-dealkylation sites (tertiary alicyclic amines) is 1. The van der Waals surface area contributed by atoms with E-state index < -0.39 is 6.10 Å². The topological polar surface area (TPSA) is 55.8 Å². The van der Waals surface area contributed by atoms with Gasteiger partial charge in [-0.3, -0.25) is 0 Å². The van der Waals surface area contributed by atoms with E-state index in [9.17, 15) is 9.90 Å². The van der Waals surface area contributed by atoms with Gasteiger partial charge < -0.3 is 20.2 Å². The van der Waals surface area contributed by atoms with Crippen molar-refractivity contribution >= 4 is 17.4 Å². The molecule has 1 aromatic rings. The van der Waals surface area contributed by atoms with E-state index in [4.69, 9.17) is 0 Å². The third kappa shape index (κ3) is 3.67. The molecule has 2 atom stereocenters. The Morgan fingerprint density at radius 1 is 1.48 bits per heavy atom. The summed E-state index contributed by atoms with van der Waals surface area (Å²) >= 11 is 0. The van der Waals surface area contributed by atoms with Gasteiger partial charge in [-0.1, -0.05) is 19.1 Å². The molecule has 0 aromatic heterocycles. The number of hydrogen-bond acceptors (Lipinski definition) is 3. The normalized spacial score (nSPS) is 22.0. The molecule has 0 aliphatic carbocycles. The largest absolute Gasteiger partial charge is 0.391 e. The number of nitrogens with zero attached hydrogens (tertiary/aromatic N) is 2.